The maximum absolute atomic E-state index is 12.5. The highest BCUT2D eigenvalue weighted by molar-refractivity contribution is 6.03. The summed E-state index contributed by atoms with van der Waals surface area (Å²) >= 11 is 0. The van der Waals surface area contributed by atoms with E-state index in [1.807, 2.05) is 24.3 Å². The summed E-state index contributed by atoms with van der Waals surface area (Å²) in [5.74, 6) is 0.282. The van der Waals surface area contributed by atoms with E-state index in [-0.39, 0.29) is 5.91 Å². The van der Waals surface area contributed by atoms with Crippen molar-refractivity contribution in [2.75, 3.05) is 28.6 Å². The Bertz CT molecular complexity index is 963. The smallest absolute Gasteiger partial charge is 0.258 e. The molecule has 0 atom stereocenters. The summed E-state index contributed by atoms with van der Waals surface area (Å²) in [6.07, 6.45) is 5.57. The molecule has 1 saturated heterocycles. The number of nitrogens with one attached hydrogen (secondary N) is 2. The Hall–Kier alpha value is -3.41. The molecule has 6 nitrogen and oxygen atoms in total. The number of hydrogen-bond acceptors (Lipinski definition) is 5. The molecule has 1 aromatic heterocycles. The Balaban J connectivity index is 1.33. The predicted octanol–water partition coefficient (Wildman–Crippen LogP) is 4.25. The van der Waals surface area contributed by atoms with Gasteiger partial charge in [0.05, 0.1) is 5.56 Å². The van der Waals surface area contributed by atoms with Crippen molar-refractivity contribution in [3.05, 3.63) is 77.6 Å². The Morgan fingerprint density at radius 2 is 1.69 bits per heavy atom. The van der Waals surface area contributed by atoms with Crippen molar-refractivity contribution >= 4 is 23.2 Å². The lowest BCUT2D eigenvalue weighted by atomic mass is 10.1. The second-order valence-corrected chi connectivity index (χ2v) is 7.27. The summed E-state index contributed by atoms with van der Waals surface area (Å²) in [7, 11) is 0. The zero-order chi connectivity index (χ0) is 20.1. The van der Waals surface area contributed by atoms with Crippen LogP contribution in [-0.2, 0) is 6.54 Å². The number of nitrogens with zero attached hydrogens (tertiary/aromatic N) is 3. The van der Waals surface area contributed by atoms with Crippen molar-refractivity contribution < 1.29 is 4.79 Å². The summed E-state index contributed by atoms with van der Waals surface area (Å²) in [4.78, 5) is 23.4. The van der Waals surface area contributed by atoms with Crippen molar-refractivity contribution in [3.63, 3.8) is 0 Å². The largest absolute Gasteiger partial charge is 0.372 e. The molecule has 2 N–H and O–H groups in total. The molecule has 0 bridgehead atoms. The molecule has 148 valence electrons. The molecule has 4 rings (SSSR count). The first-order valence-corrected chi connectivity index (χ1v) is 9.96. The molecule has 1 fully saturated rings. The SMILES string of the molecule is Cc1ccccc1CNc1ncc(C(=O)Nc2ccc(N3CCCC3)cc2)cn1. The van der Waals surface area contributed by atoms with Gasteiger partial charge in [0.1, 0.15) is 0 Å². The predicted molar refractivity (Wildman–Crippen MR) is 116 cm³/mol. The molecule has 2 heterocycles. The van der Waals surface area contributed by atoms with Gasteiger partial charge in [0.15, 0.2) is 0 Å². The van der Waals surface area contributed by atoms with E-state index in [1.54, 1.807) is 12.4 Å². The number of aryl methyl sites for hydroxylation is 1. The van der Waals surface area contributed by atoms with Crippen LogP contribution < -0.4 is 15.5 Å². The second-order valence-electron chi connectivity index (χ2n) is 7.27. The van der Waals surface area contributed by atoms with Crippen LogP contribution in [0.2, 0.25) is 0 Å². The fourth-order valence-electron chi connectivity index (χ4n) is 3.45. The van der Waals surface area contributed by atoms with Crippen LogP contribution in [0.5, 0.6) is 0 Å². The van der Waals surface area contributed by atoms with Crippen LogP contribution in [0.4, 0.5) is 17.3 Å². The van der Waals surface area contributed by atoms with Gasteiger partial charge in [-0.15, -0.1) is 0 Å². The zero-order valence-corrected chi connectivity index (χ0v) is 16.6. The van der Waals surface area contributed by atoms with Crippen LogP contribution >= 0.6 is 0 Å². The number of carbonyl (C=O) groups excluding carboxylic acids is 1. The average Bonchev–Trinajstić information content (AvgIpc) is 3.29. The summed E-state index contributed by atoms with van der Waals surface area (Å²) in [6.45, 7) is 4.92. The van der Waals surface area contributed by atoms with Gasteiger partial charge in [-0.25, -0.2) is 9.97 Å². The lowest BCUT2D eigenvalue weighted by Gasteiger charge is -2.17. The van der Waals surface area contributed by atoms with E-state index in [2.05, 4.69) is 56.7 Å². The van der Waals surface area contributed by atoms with E-state index in [4.69, 9.17) is 0 Å². The molecular formula is C23H25N5O. The van der Waals surface area contributed by atoms with Gasteiger partial charge >= 0.3 is 0 Å². The third-order valence-corrected chi connectivity index (χ3v) is 5.21. The van der Waals surface area contributed by atoms with E-state index >= 15 is 0 Å². The number of hydrogen-bond donors (Lipinski definition) is 2. The average molecular weight is 387 g/mol. The molecule has 0 spiro atoms. The molecule has 6 heteroatoms. The van der Waals surface area contributed by atoms with Gasteiger partial charge in [-0.3, -0.25) is 4.79 Å². The van der Waals surface area contributed by atoms with Crippen molar-refractivity contribution in [3.8, 4) is 0 Å². The highest BCUT2D eigenvalue weighted by Gasteiger charge is 2.13. The lowest BCUT2D eigenvalue weighted by molar-refractivity contribution is 0.102. The Kier molecular flexibility index (Phi) is 5.70. The van der Waals surface area contributed by atoms with E-state index in [0.717, 1.165) is 18.8 Å². The first kappa shape index (κ1) is 18.9. The van der Waals surface area contributed by atoms with Gasteiger partial charge in [0.25, 0.3) is 5.91 Å². The maximum Gasteiger partial charge on any atom is 0.258 e. The Morgan fingerprint density at radius 3 is 2.38 bits per heavy atom. The molecular weight excluding hydrogens is 362 g/mol. The minimum atomic E-state index is -0.218. The highest BCUT2D eigenvalue weighted by Crippen LogP contribution is 2.22. The van der Waals surface area contributed by atoms with E-state index in [9.17, 15) is 4.79 Å². The maximum atomic E-state index is 12.5. The number of benzene rings is 2. The number of amides is 1. The van der Waals surface area contributed by atoms with E-state index in [0.29, 0.717) is 18.1 Å². The standard InChI is InChI=1S/C23H25N5O/c1-17-6-2-3-7-18(17)14-24-23-25-15-19(16-26-23)22(29)27-20-8-10-21(11-9-20)28-12-4-5-13-28/h2-3,6-11,15-16H,4-5,12-14H2,1H3,(H,27,29)(H,24,25,26). The number of carbonyl (C=O) groups is 1. The van der Waals surface area contributed by atoms with Gasteiger partial charge in [-0.05, 0) is 55.2 Å². The molecule has 0 aliphatic carbocycles. The molecule has 2 aromatic carbocycles. The molecule has 0 unspecified atom stereocenters. The monoisotopic (exact) mass is 387 g/mol. The number of anilines is 3. The minimum absolute atomic E-state index is 0.218. The van der Waals surface area contributed by atoms with Gasteiger partial charge in [0, 0.05) is 43.4 Å². The molecule has 3 aromatic rings. The highest BCUT2D eigenvalue weighted by atomic mass is 16.1. The van der Waals surface area contributed by atoms with Gasteiger partial charge in [-0.2, -0.15) is 0 Å². The summed E-state index contributed by atoms with van der Waals surface area (Å²) in [5.41, 5.74) is 4.80. The normalized spacial score (nSPS) is 13.3. The topological polar surface area (TPSA) is 70.2 Å². The number of rotatable bonds is 6. The summed E-state index contributed by atoms with van der Waals surface area (Å²) in [5, 5.41) is 6.09. The van der Waals surface area contributed by atoms with Crippen LogP contribution in [0.1, 0.15) is 34.3 Å². The third-order valence-electron chi connectivity index (χ3n) is 5.21. The minimum Gasteiger partial charge on any atom is -0.372 e. The van der Waals surface area contributed by atoms with Crippen molar-refractivity contribution in [2.45, 2.75) is 26.3 Å². The van der Waals surface area contributed by atoms with Crippen LogP contribution in [-0.4, -0.2) is 29.0 Å². The summed E-state index contributed by atoms with van der Waals surface area (Å²) in [6, 6.07) is 16.1. The van der Waals surface area contributed by atoms with Crippen molar-refractivity contribution in [2.24, 2.45) is 0 Å². The second kappa shape index (κ2) is 8.73. The molecule has 1 aliphatic heterocycles. The van der Waals surface area contributed by atoms with Crippen LogP contribution in [0, 0.1) is 6.92 Å². The summed E-state index contributed by atoms with van der Waals surface area (Å²) < 4.78 is 0. The van der Waals surface area contributed by atoms with E-state index in [1.165, 1.54) is 29.7 Å². The lowest BCUT2D eigenvalue weighted by Crippen LogP contribution is -2.17. The quantitative estimate of drug-likeness (QED) is 0.662. The third kappa shape index (κ3) is 4.71. The molecule has 1 amide bonds. The van der Waals surface area contributed by atoms with Crippen molar-refractivity contribution in [1.82, 2.24) is 9.97 Å². The number of aromatic nitrogens is 2. The van der Waals surface area contributed by atoms with E-state index < -0.39 is 0 Å². The molecule has 1 aliphatic rings. The van der Waals surface area contributed by atoms with Crippen LogP contribution in [0.25, 0.3) is 0 Å². The van der Waals surface area contributed by atoms with Gasteiger partial charge in [-0.1, -0.05) is 24.3 Å². The first-order chi connectivity index (χ1) is 14.2. The fraction of sp³-hybridized carbons (Fsp3) is 0.261. The molecule has 0 radical (unpaired) electrons. The molecule has 29 heavy (non-hydrogen) atoms. The van der Waals surface area contributed by atoms with Gasteiger partial charge in [0.2, 0.25) is 5.95 Å². The Morgan fingerprint density at radius 1 is 1.00 bits per heavy atom. The van der Waals surface area contributed by atoms with Crippen LogP contribution in [0.15, 0.2) is 60.9 Å². The molecule has 0 saturated carbocycles. The first-order valence-electron chi connectivity index (χ1n) is 9.96. The van der Waals surface area contributed by atoms with Crippen LogP contribution in [0.3, 0.4) is 0 Å². The van der Waals surface area contributed by atoms with Gasteiger partial charge < -0.3 is 15.5 Å². The fourth-order valence-corrected chi connectivity index (χ4v) is 3.45. The Labute approximate surface area is 171 Å². The zero-order valence-electron chi connectivity index (χ0n) is 16.6. The van der Waals surface area contributed by atoms with Crippen molar-refractivity contribution in [1.29, 1.82) is 0 Å².